The predicted octanol–water partition coefficient (Wildman–Crippen LogP) is 1.48. The number of carbonyl (C=O) groups excluding carboxylic acids is 2. The summed E-state index contributed by atoms with van der Waals surface area (Å²) in [5.74, 6) is 1.78. The van der Waals surface area contributed by atoms with E-state index in [4.69, 9.17) is 9.72 Å². The van der Waals surface area contributed by atoms with Gasteiger partial charge in [-0.2, -0.15) is 9.61 Å². The van der Waals surface area contributed by atoms with E-state index in [-0.39, 0.29) is 43.6 Å². The molecule has 11 nitrogen and oxygen atoms in total. The van der Waals surface area contributed by atoms with Crippen LogP contribution in [0.3, 0.4) is 0 Å². The van der Waals surface area contributed by atoms with Gasteiger partial charge in [-0.15, -0.1) is 0 Å². The summed E-state index contributed by atoms with van der Waals surface area (Å²) in [6, 6.07) is 2.03. The number of likely N-dealkylation sites (tertiary alicyclic amines) is 1. The third-order valence-electron chi connectivity index (χ3n) is 6.89. The van der Waals surface area contributed by atoms with Gasteiger partial charge in [-0.25, -0.2) is 14.2 Å². The Morgan fingerprint density at radius 3 is 2.69 bits per heavy atom. The van der Waals surface area contributed by atoms with Crippen LogP contribution in [-0.4, -0.2) is 88.6 Å². The molecule has 3 saturated heterocycles. The van der Waals surface area contributed by atoms with Gasteiger partial charge in [0.2, 0.25) is 5.91 Å². The lowest BCUT2D eigenvalue weighted by atomic mass is 10.0. The van der Waals surface area contributed by atoms with Crippen molar-refractivity contribution in [2.24, 2.45) is 0 Å². The molecule has 0 spiro atoms. The molecule has 4 N–H and O–H groups in total. The van der Waals surface area contributed by atoms with Crippen molar-refractivity contribution in [2.75, 3.05) is 50.0 Å². The molecule has 12 heteroatoms. The molecule has 0 radical (unpaired) electrons. The molecule has 5 rings (SSSR count). The summed E-state index contributed by atoms with van der Waals surface area (Å²) in [7, 11) is 0. The predicted molar refractivity (Wildman–Crippen MR) is 128 cm³/mol. The smallest absolute Gasteiger partial charge is 0.409 e. The Kier molecular flexibility index (Phi) is 6.39. The Morgan fingerprint density at radius 2 is 2.06 bits per heavy atom. The molecular weight excluding hydrogens is 455 g/mol. The van der Waals surface area contributed by atoms with Gasteiger partial charge in [-0.3, -0.25) is 4.79 Å². The number of fused-ring (bicyclic) bond motifs is 1. The van der Waals surface area contributed by atoms with Crippen LogP contribution in [0.4, 0.5) is 20.8 Å². The molecule has 3 aliphatic rings. The number of hydrogen-bond donors (Lipinski definition) is 4. The lowest BCUT2D eigenvalue weighted by Gasteiger charge is -2.36. The highest BCUT2D eigenvalue weighted by Crippen LogP contribution is 2.26. The molecule has 1 atom stereocenters. The molecule has 0 bridgehead atoms. The van der Waals surface area contributed by atoms with Gasteiger partial charge in [0.05, 0.1) is 12.2 Å². The van der Waals surface area contributed by atoms with E-state index in [2.05, 4.69) is 40.2 Å². The first-order valence-electron chi connectivity index (χ1n) is 12.3. The number of piperidine rings is 1. The number of halogens is 1. The van der Waals surface area contributed by atoms with E-state index in [1.54, 1.807) is 4.90 Å². The van der Waals surface area contributed by atoms with Crippen molar-refractivity contribution < 1.29 is 18.7 Å². The van der Waals surface area contributed by atoms with Crippen molar-refractivity contribution in [2.45, 2.75) is 56.8 Å². The number of amides is 2. The summed E-state index contributed by atoms with van der Waals surface area (Å²) in [6.07, 6.45) is 3.25. The number of nitrogens with zero attached hydrogens (tertiary/aromatic N) is 4. The number of aromatic nitrogens is 3. The van der Waals surface area contributed by atoms with E-state index in [1.165, 1.54) is 0 Å². The van der Waals surface area contributed by atoms with Gasteiger partial charge >= 0.3 is 6.09 Å². The van der Waals surface area contributed by atoms with Crippen LogP contribution < -0.4 is 21.3 Å². The van der Waals surface area contributed by atoms with E-state index in [0.29, 0.717) is 31.9 Å². The van der Waals surface area contributed by atoms with E-state index in [1.807, 2.05) is 16.8 Å². The van der Waals surface area contributed by atoms with Crippen LogP contribution in [0.2, 0.25) is 0 Å². The maximum atomic E-state index is 14.1. The van der Waals surface area contributed by atoms with E-state index in [0.717, 1.165) is 29.9 Å². The molecule has 2 aromatic rings. The fourth-order valence-electron chi connectivity index (χ4n) is 4.68. The minimum absolute atomic E-state index is 0.0100. The van der Waals surface area contributed by atoms with Crippen molar-refractivity contribution in [1.29, 1.82) is 0 Å². The standard InChI is InChI=1S/C23H33FN8O3/c1-14(2)17-10-27-32-19(8-18(30-21(17)32)28-16-7-20(33)26-9-16)29-15-3-5-31(6-4-15)22(34)35-13-23(24)11-25-12-23/h8,10,14-16,25,29H,3-7,9,11-13H2,1-2H3,(H,26,33)(H,28,30)/t16-/m1/s1. The molecular formula is C23H33FN8O3. The zero-order valence-corrected chi connectivity index (χ0v) is 20.1. The summed E-state index contributed by atoms with van der Waals surface area (Å²) < 4.78 is 21.1. The summed E-state index contributed by atoms with van der Waals surface area (Å²) in [5, 5.41) is 17.2. The largest absolute Gasteiger partial charge is 0.446 e. The fraction of sp³-hybridized carbons (Fsp3) is 0.652. The molecule has 3 fully saturated rings. The summed E-state index contributed by atoms with van der Waals surface area (Å²) in [6.45, 7) is 6.07. The minimum atomic E-state index is -1.44. The molecule has 5 heterocycles. The average Bonchev–Trinajstić information content (AvgIpc) is 3.43. The molecule has 0 aromatic carbocycles. The third kappa shape index (κ3) is 5.12. The summed E-state index contributed by atoms with van der Waals surface area (Å²) >= 11 is 0. The van der Waals surface area contributed by atoms with Gasteiger partial charge in [-0.1, -0.05) is 13.8 Å². The molecule has 0 unspecified atom stereocenters. The second-order valence-corrected chi connectivity index (χ2v) is 10.1. The quantitative estimate of drug-likeness (QED) is 0.462. The Bertz CT molecular complexity index is 1090. The molecule has 2 aromatic heterocycles. The monoisotopic (exact) mass is 488 g/mol. The molecule has 3 aliphatic heterocycles. The summed E-state index contributed by atoms with van der Waals surface area (Å²) in [4.78, 5) is 30.4. The second kappa shape index (κ2) is 9.48. The van der Waals surface area contributed by atoms with Crippen molar-refractivity contribution in [3.63, 3.8) is 0 Å². The fourth-order valence-corrected chi connectivity index (χ4v) is 4.68. The zero-order valence-electron chi connectivity index (χ0n) is 20.1. The number of ether oxygens (including phenoxy) is 1. The maximum Gasteiger partial charge on any atom is 0.409 e. The SMILES string of the molecule is CC(C)c1cnn2c(NC3CCN(C(=O)OCC4(F)CNC4)CC3)cc(N[C@H]3CNC(=O)C3)nc12. The van der Waals surface area contributed by atoms with Gasteiger partial charge in [-0.05, 0) is 18.8 Å². The number of carbonyl (C=O) groups is 2. The van der Waals surface area contributed by atoms with Crippen LogP contribution in [0.5, 0.6) is 0 Å². The number of nitrogens with one attached hydrogen (secondary N) is 4. The van der Waals surface area contributed by atoms with Crippen LogP contribution in [-0.2, 0) is 9.53 Å². The van der Waals surface area contributed by atoms with E-state index < -0.39 is 11.8 Å². The van der Waals surface area contributed by atoms with Crippen molar-refractivity contribution in [1.82, 2.24) is 30.1 Å². The van der Waals surface area contributed by atoms with Crippen molar-refractivity contribution in [3.05, 3.63) is 17.8 Å². The highest BCUT2D eigenvalue weighted by atomic mass is 19.1. The Morgan fingerprint density at radius 1 is 1.29 bits per heavy atom. The van der Waals surface area contributed by atoms with Crippen LogP contribution in [0.15, 0.2) is 12.3 Å². The van der Waals surface area contributed by atoms with Crippen molar-refractivity contribution >= 4 is 29.3 Å². The first-order chi connectivity index (χ1) is 16.8. The molecule has 2 amide bonds. The highest BCUT2D eigenvalue weighted by molar-refractivity contribution is 5.79. The zero-order chi connectivity index (χ0) is 24.6. The second-order valence-electron chi connectivity index (χ2n) is 10.1. The van der Waals surface area contributed by atoms with Crippen LogP contribution in [0.1, 0.15) is 44.6 Å². The van der Waals surface area contributed by atoms with E-state index in [9.17, 15) is 14.0 Å². The number of rotatable bonds is 7. The van der Waals surface area contributed by atoms with Crippen LogP contribution in [0.25, 0.3) is 5.65 Å². The maximum absolute atomic E-state index is 14.1. The Labute approximate surface area is 203 Å². The highest BCUT2D eigenvalue weighted by Gasteiger charge is 2.39. The number of alkyl halides is 1. The first-order valence-corrected chi connectivity index (χ1v) is 12.3. The lowest BCUT2D eigenvalue weighted by molar-refractivity contribution is -0.119. The van der Waals surface area contributed by atoms with Gasteiger partial charge in [0.15, 0.2) is 11.3 Å². The first kappa shape index (κ1) is 23.6. The molecule has 0 aliphatic carbocycles. The molecule has 190 valence electrons. The lowest BCUT2D eigenvalue weighted by Crippen LogP contribution is -2.59. The normalized spacial score (nSPS) is 22.2. The van der Waals surface area contributed by atoms with E-state index >= 15 is 0 Å². The minimum Gasteiger partial charge on any atom is -0.446 e. The van der Waals surface area contributed by atoms with Gasteiger partial charge in [0.25, 0.3) is 0 Å². The number of hydrogen-bond acceptors (Lipinski definition) is 8. The van der Waals surface area contributed by atoms with Crippen LogP contribution >= 0.6 is 0 Å². The van der Waals surface area contributed by atoms with Gasteiger partial charge < -0.3 is 30.9 Å². The Hall–Kier alpha value is -3.15. The summed E-state index contributed by atoms with van der Waals surface area (Å²) in [5.41, 5.74) is 0.382. The van der Waals surface area contributed by atoms with Crippen molar-refractivity contribution in [3.8, 4) is 0 Å². The average molecular weight is 489 g/mol. The molecule has 35 heavy (non-hydrogen) atoms. The van der Waals surface area contributed by atoms with Crippen LogP contribution in [0, 0.1) is 0 Å². The Balaban J connectivity index is 1.25. The van der Waals surface area contributed by atoms with Gasteiger partial charge in [0, 0.05) is 56.8 Å². The van der Waals surface area contributed by atoms with Gasteiger partial charge in [0.1, 0.15) is 18.2 Å². The number of anilines is 2. The molecule has 0 saturated carbocycles. The topological polar surface area (TPSA) is 125 Å². The third-order valence-corrected chi connectivity index (χ3v) is 6.89.